The van der Waals surface area contributed by atoms with Gasteiger partial charge in [0.25, 0.3) is 5.91 Å². The second-order valence-corrected chi connectivity index (χ2v) is 3.85. The molecule has 5 nitrogen and oxygen atoms in total. The summed E-state index contributed by atoms with van der Waals surface area (Å²) in [4.78, 5) is 23.4. The molecule has 0 heterocycles. The van der Waals surface area contributed by atoms with Crippen molar-refractivity contribution in [3.8, 4) is 0 Å². The minimum Gasteiger partial charge on any atom is -0.467 e. The molecule has 0 aliphatic rings. The van der Waals surface area contributed by atoms with Crippen LogP contribution in [0.5, 0.6) is 0 Å². The van der Waals surface area contributed by atoms with Crippen molar-refractivity contribution >= 4 is 11.9 Å². The van der Waals surface area contributed by atoms with Crippen molar-refractivity contribution in [2.75, 3.05) is 13.7 Å². The predicted molar refractivity (Wildman–Crippen MR) is 68.0 cm³/mol. The smallest absolute Gasteiger partial charge is 0.328 e. The Morgan fingerprint density at radius 1 is 1.33 bits per heavy atom. The molecule has 0 aliphatic heterocycles. The predicted octanol–water partition coefficient (Wildman–Crippen LogP) is 0.697. The van der Waals surface area contributed by atoms with E-state index in [4.69, 9.17) is 5.73 Å². The van der Waals surface area contributed by atoms with Crippen LogP contribution in [0.1, 0.15) is 23.2 Å². The average molecular weight is 250 g/mol. The van der Waals surface area contributed by atoms with E-state index in [1.807, 2.05) is 6.07 Å². The number of amides is 1. The fourth-order valence-corrected chi connectivity index (χ4v) is 1.54. The van der Waals surface area contributed by atoms with Gasteiger partial charge in [-0.15, -0.1) is 0 Å². The quantitative estimate of drug-likeness (QED) is 0.728. The van der Waals surface area contributed by atoms with Crippen LogP contribution in [-0.4, -0.2) is 31.6 Å². The van der Waals surface area contributed by atoms with Crippen LogP contribution in [0.3, 0.4) is 0 Å². The summed E-state index contributed by atoms with van der Waals surface area (Å²) in [6.45, 7) is 0.467. The summed E-state index contributed by atoms with van der Waals surface area (Å²) in [6.07, 6.45) is 1.12. The fraction of sp³-hybridized carbons (Fsp3) is 0.385. The lowest BCUT2D eigenvalue weighted by molar-refractivity contribution is -0.143. The van der Waals surface area contributed by atoms with Crippen LogP contribution in [0.2, 0.25) is 0 Å². The molecule has 3 N–H and O–H groups in total. The van der Waals surface area contributed by atoms with Gasteiger partial charge in [0.15, 0.2) is 0 Å². The summed E-state index contributed by atoms with van der Waals surface area (Å²) in [5.74, 6) is -0.740. The molecule has 0 saturated heterocycles. The van der Waals surface area contributed by atoms with E-state index in [-0.39, 0.29) is 5.91 Å². The second kappa shape index (κ2) is 7.45. The van der Waals surface area contributed by atoms with Gasteiger partial charge in [-0.3, -0.25) is 4.79 Å². The highest BCUT2D eigenvalue weighted by atomic mass is 16.5. The molecule has 1 amide bonds. The van der Waals surface area contributed by atoms with Crippen LogP contribution >= 0.6 is 0 Å². The van der Waals surface area contributed by atoms with Crippen molar-refractivity contribution < 1.29 is 14.3 Å². The van der Waals surface area contributed by atoms with E-state index in [1.165, 1.54) is 7.11 Å². The number of hydrogen-bond acceptors (Lipinski definition) is 4. The Morgan fingerprint density at radius 2 is 2.00 bits per heavy atom. The van der Waals surface area contributed by atoms with Gasteiger partial charge in [-0.2, -0.15) is 0 Å². The summed E-state index contributed by atoms with van der Waals surface area (Å²) in [5.41, 5.74) is 5.91. The van der Waals surface area contributed by atoms with Crippen LogP contribution in [0, 0.1) is 0 Å². The van der Waals surface area contributed by atoms with Crippen molar-refractivity contribution in [3.63, 3.8) is 0 Å². The van der Waals surface area contributed by atoms with Gasteiger partial charge < -0.3 is 15.8 Å². The minimum atomic E-state index is -0.647. The topological polar surface area (TPSA) is 81.4 Å². The molecule has 0 aliphatic carbocycles. The lowest BCUT2D eigenvalue weighted by Crippen LogP contribution is -2.41. The van der Waals surface area contributed by atoms with E-state index in [0.717, 1.165) is 0 Å². The van der Waals surface area contributed by atoms with E-state index >= 15 is 0 Å². The average Bonchev–Trinajstić information content (AvgIpc) is 2.43. The largest absolute Gasteiger partial charge is 0.467 e. The molecule has 5 heteroatoms. The summed E-state index contributed by atoms with van der Waals surface area (Å²) >= 11 is 0. The lowest BCUT2D eigenvalue weighted by atomic mass is 10.1. The van der Waals surface area contributed by atoms with E-state index in [2.05, 4.69) is 10.1 Å². The van der Waals surface area contributed by atoms with Gasteiger partial charge in [0, 0.05) is 5.56 Å². The van der Waals surface area contributed by atoms with Gasteiger partial charge in [0.05, 0.1) is 7.11 Å². The van der Waals surface area contributed by atoms with Crippen LogP contribution in [-0.2, 0) is 9.53 Å². The number of carbonyl (C=O) groups excluding carboxylic acids is 2. The molecular weight excluding hydrogens is 232 g/mol. The highest BCUT2D eigenvalue weighted by Crippen LogP contribution is 2.03. The molecule has 0 spiro atoms. The Bertz CT molecular complexity index is 392. The molecule has 1 aromatic rings. The SMILES string of the molecule is COC(=O)[C@@H](CCCN)NC(=O)c1ccccc1. The molecule has 0 fully saturated rings. The van der Waals surface area contributed by atoms with Crippen molar-refractivity contribution in [3.05, 3.63) is 35.9 Å². The number of carbonyl (C=O) groups is 2. The van der Waals surface area contributed by atoms with Gasteiger partial charge in [-0.1, -0.05) is 18.2 Å². The van der Waals surface area contributed by atoms with Gasteiger partial charge in [-0.25, -0.2) is 4.79 Å². The van der Waals surface area contributed by atoms with Crippen LogP contribution in [0.15, 0.2) is 30.3 Å². The Balaban J connectivity index is 2.65. The zero-order chi connectivity index (χ0) is 13.4. The van der Waals surface area contributed by atoms with Gasteiger partial charge >= 0.3 is 5.97 Å². The molecule has 0 aromatic heterocycles. The molecule has 1 atom stereocenters. The highest BCUT2D eigenvalue weighted by Gasteiger charge is 2.21. The highest BCUT2D eigenvalue weighted by molar-refractivity contribution is 5.96. The van der Waals surface area contributed by atoms with E-state index in [9.17, 15) is 9.59 Å². The molecule has 0 radical (unpaired) electrons. The normalized spacial score (nSPS) is 11.7. The maximum absolute atomic E-state index is 11.9. The number of methoxy groups -OCH3 is 1. The van der Waals surface area contributed by atoms with Crippen molar-refractivity contribution in [2.24, 2.45) is 5.73 Å². The Kier molecular flexibility index (Phi) is 5.87. The Morgan fingerprint density at radius 3 is 2.56 bits per heavy atom. The first kappa shape index (κ1) is 14.2. The number of esters is 1. The maximum Gasteiger partial charge on any atom is 0.328 e. The third-order valence-corrected chi connectivity index (χ3v) is 2.52. The third-order valence-electron chi connectivity index (χ3n) is 2.52. The summed E-state index contributed by atoms with van der Waals surface area (Å²) in [6, 6.07) is 8.08. The summed E-state index contributed by atoms with van der Waals surface area (Å²) in [7, 11) is 1.30. The van der Waals surface area contributed by atoms with E-state index in [0.29, 0.717) is 24.9 Å². The number of ether oxygens (including phenoxy) is 1. The molecule has 1 aromatic carbocycles. The van der Waals surface area contributed by atoms with Gasteiger partial charge in [0.2, 0.25) is 0 Å². The van der Waals surface area contributed by atoms with Crippen LogP contribution in [0.25, 0.3) is 0 Å². The third kappa shape index (κ3) is 4.18. The van der Waals surface area contributed by atoms with Crippen LogP contribution in [0.4, 0.5) is 0 Å². The first-order valence-electron chi connectivity index (χ1n) is 5.83. The number of nitrogens with one attached hydrogen (secondary N) is 1. The first-order valence-corrected chi connectivity index (χ1v) is 5.83. The van der Waals surface area contributed by atoms with Gasteiger partial charge in [-0.05, 0) is 31.5 Å². The molecule has 0 saturated carbocycles. The molecule has 98 valence electrons. The van der Waals surface area contributed by atoms with Gasteiger partial charge in [0.1, 0.15) is 6.04 Å². The summed E-state index contributed by atoms with van der Waals surface area (Å²) in [5, 5.41) is 2.65. The molecule has 0 bridgehead atoms. The number of rotatable bonds is 6. The van der Waals surface area contributed by atoms with Crippen molar-refractivity contribution in [2.45, 2.75) is 18.9 Å². The fourth-order valence-electron chi connectivity index (χ4n) is 1.54. The van der Waals surface area contributed by atoms with Crippen LogP contribution < -0.4 is 11.1 Å². The zero-order valence-corrected chi connectivity index (χ0v) is 10.4. The Labute approximate surface area is 106 Å². The second-order valence-electron chi connectivity index (χ2n) is 3.85. The Hall–Kier alpha value is -1.88. The lowest BCUT2D eigenvalue weighted by Gasteiger charge is -2.16. The maximum atomic E-state index is 11.9. The monoisotopic (exact) mass is 250 g/mol. The van der Waals surface area contributed by atoms with E-state index < -0.39 is 12.0 Å². The number of benzene rings is 1. The molecular formula is C13H18N2O3. The van der Waals surface area contributed by atoms with Crippen molar-refractivity contribution in [1.29, 1.82) is 0 Å². The van der Waals surface area contributed by atoms with Crippen molar-refractivity contribution in [1.82, 2.24) is 5.32 Å². The molecule has 1 rings (SSSR count). The molecule has 18 heavy (non-hydrogen) atoms. The minimum absolute atomic E-state index is 0.289. The first-order chi connectivity index (χ1) is 8.69. The standard InChI is InChI=1S/C13H18N2O3/c1-18-13(17)11(8-5-9-14)15-12(16)10-6-3-2-4-7-10/h2-4,6-7,11H,5,8-9,14H2,1H3,(H,15,16)/t11-/m1/s1. The summed E-state index contributed by atoms with van der Waals surface area (Å²) < 4.78 is 4.65. The number of nitrogens with two attached hydrogens (primary N) is 1. The zero-order valence-electron chi connectivity index (χ0n) is 10.4. The van der Waals surface area contributed by atoms with E-state index in [1.54, 1.807) is 24.3 Å². The number of hydrogen-bond donors (Lipinski definition) is 2. The molecule has 0 unspecified atom stereocenters.